The average Bonchev–Trinajstić information content (AvgIpc) is 2.85. The van der Waals surface area contributed by atoms with E-state index >= 15 is 0 Å². The molecule has 0 saturated carbocycles. The van der Waals surface area contributed by atoms with E-state index in [4.69, 9.17) is 8.83 Å². The van der Waals surface area contributed by atoms with E-state index in [0.717, 1.165) is 29.2 Å². The van der Waals surface area contributed by atoms with Crippen LogP contribution in [-0.4, -0.2) is 4.98 Å². The van der Waals surface area contributed by atoms with Crippen LogP contribution in [0.25, 0.3) is 11.3 Å². The van der Waals surface area contributed by atoms with Crippen molar-refractivity contribution < 1.29 is 8.83 Å². The van der Waals surface area contributed by atoms with Gasteiger partial charge in [0.25, 0.3) is 0 Å². The van der Waals surface area contributed by atoms with Crippen LogP contribution in [0.5, 0.6) is 0 Å². The van der Waals surface area contributed by atoms with Crippen LogP contribution in [0.1, 0.15) is 18.4 Å². The predicted molar refractivity (Wildman–Crippen MR) is 56.2 cm³/mol. The number of aromatic nitrogens is 1. The summed E-state index contributed by atoms with van der Waals surface area (Å²) in [7, 11) is 0. The average molecular weight is 256 g/mol. The van der Waals surface area contributed by atoms with Crippen LogP contribution in [0.2, 0.25) is 0 Å². The van der Waals surface area contributed by atoms with Gasteiger partial charge in [-0.25, -0.2) is 4.98 Å². The van der Waals surface area contributed by atoms with Crippen LogP contribution in [-0.2, 0) is 11.8 Å². The molecule has 0 unspecified atom stereocenters. The van der Waals surface area contributed by atoms with Crippen LogP contribution in [0.15, 0.2) is 27.6 Å². The maximum Gasteiger partial charge on any atom is 0.181 e. The second-order valence-corrected chi connectivity index (χ2v) is 3.43. The van der Waals surface area contributed by atoms with Gasteiger partial charge in [0.15, 0.2) is 12.2 Å². The van der Waals surface area contributed by atoms with Crippen molar-refractivity contribution in [2.45, 2.75) is 18.7 Å². The number of aryl methyl sites for hydroxylation is 1. The Morgan fingerprint density at radius 3 is 3.00 bits per heavy atom. The summed E-state index contributed by atoms with van der Waals surface area (Å²) < 4.78 is 10.7. The Kier molecular flexibility index (Phi) is 2.72. The van der Waals surface area contributed by atoms with Gasteiger partial charge in [-0.1, -0.05) is 22.9 Å². The van der Waals surface area contributed by atoms with Gasteiger partial charge in [0.05, 0.1) is 17.5 Å². The van der Waals surface area contributed by atoms with Crippen LogP contribution in [0.4, 0.5) is 0 Å². The summed E-state index contributed by atoms with van der Waals surface area (Å²) in [5, 5.41) is 0.688. The predicted octanol–water partition coefficient (Wildman–Crippen LogP) is 3.39. The summed E-state index contributed by atoms with van der Waals surface area (Å²) in [4.78, 5) is 4.11. The van der Waals surface area contributed by atoms with E-state index in [-0.39, 0.29) is 0 Å². The number of nitrogens with zero attached hydrogens (tertiary/aromatic N) is 1. The van der Waals surface area contributed by atoms with Crippen molar-refractivity contribution in [3.63, 3.8) is 0 Å². The molecule has 14 heavy (non-hydrogen) atoms. The lowest BCUT2D eigenvalue weighted by Crippen LogP contribution is -1.84. The van der Waals surface area contributed by atoms with E-state index in [0.29, 0.717) is 5.33 Å². The number of hydrogen-bond acceptors (Lipinski definition) is 3. The molecular weight excluding hydrogens is 246 g/mol. The summed E-state index contributed by atoms with van der Waals surface area (Å²) in [5.41, 5.74) is 1.90. The molecule has 74 valence electrons. The van der Waals surface area contributed by atoms with Crippen LogP contribution in [0.3, 0.4) is 0 Å². The van der Waals surface area contributed by atoms with Crippen molar-refractivity contribution in [3.8, 4) is 11.3 Å². The smallest absolute Gasteiger partial charge is 0.181 e. The van der Waals surface area contributed by atoms with Crippen molar-refractivity contribution in [2.24, 2.45) is 0 Å². The summed E-state index contributed by atoms with van der Waals surface area (Å²) in [5.74, 6) is 1.73. The third-order valence-electron chi connectivity index (χ3n) is 2.08. The van der Waals surface area contributed by atoms with Crippen LogP contribution < -0.4 is 0 Å². The molecule has 0 aromatic carbocycles. The molecule has 0 radical (unpaired) electrons. The summed E-state index contributed by atoms with van der Waals surface area (Å²) in [6.07, 6.45) is 3.98. The number of rotatable bonds is 3. The standard InChI is InChI=1S/C10H10BrNO2/c1-2-9-7(3-4-13-9)10-8(5-11)12-6-14-10/h3-4,6H,2,5H2,1H3. The lowest BCUT2D eigenvalue weighted by Gasteiger charge is -1.97. The highest BCUT2D eigenvalue weighted by atomic mass is 79.9. The maximum atomic E-state index is 5.34. The molecule has 0 spiro atoms. The van der Waals surface area contributed by atoms with Crippen LogP contribution >= 0.6 is 15.9 Å². The Hall–Kier alpha value is -1.03. The molecule has 2 aromatic heterocycles. The van der Waals surface area contributed by atoms with E-state index in [1.54, 1.807) is 6.26 Å². The first-order valence-electron chi connectivity index (χ1n) is 4.41. The molecule has 0 amide bonds. The molecule has 4 heteroatoms. The highest BCUT2D eigenvalue weighted by molar-refractivity contribution is 9.08. The van der Waals surface area contributed by atoms with Crippen molar-refractivity contribution in [1.29, 1.82) is 0 Å². The molecule has 2 aromatic rings. The maximum absolute atomic E-state index is 5.34. The van der Waals surface area contributed by atoms with Crippen molar-refractivity contribution >= 4 is 15.9 Å². The van der Waals surface area contributed by atoms with E-state index in [1.165, 1.54) is 6.39 Å². The molecule has 2 rings (SSSR count). The summed E-state index contributed by atoms with van der Waals surface area (Å²) in [6.45, 7) is 2.05. The molecule has 0 N–H and O–H groups in total. The zero-order chi connectivity index (χ0) is 9.97. The highest BCUT2D eigenvalue weighted by Crippen LogP contribution is 2.28. The minimum atomic E-state index is 0.688. The number of alkyl halides is 1. The number of furan rings is 1. The molecule has 0 bridgehead atoms. The van der Waals surface area contributed by atoms with Gasteiger partial charge in [0.2, 0.25) is 0 Å². The quantitative estimate of drug-likeness (QED) is 0.790. The topological polar surface area (TPSA) is 39.2 Å². The van der Waals surface area contributed by atoms with Gasteiger partial charge in [-0.3, -0.25) is 0 Å². The number of halogens is 1. The van der Waals surface area contributed by atoms with Crippen molar-refractivity contribution in [2.75, 3.05) is 0 Å². The van der Waals surface area contributed by atoms with Crippen molar-refractivity contribution in [3.05, 3.63) is 30.2 Å². The minimum Gasteiger partial charge on any atom is -0.469 e. The summed E-state index contributed by atoms with van der Waals surface area (Å²) in [6, 6.07) is 1.91. The number of hydrogen-bond donors (Lipinski definition) is 0. The Morgan fingerprint density at radius 2 is 2.29 bits per heavy atom. The molecule has 0 atom stereocenters. The first-order valence-corrected chi connectivity index (χ1v) is 5.54. The molecule has 0 aliphatic heterocycles. The first-order chi connectivity index (χ1) is 6.86. The Morgan fingerprint density at radius 1 is 1.43 bits per heavy atom. The molecular formula is C10H10BrNO2. The second kappa shape index (κ2) is 4.00. The SMILES string of the molecule is CCc1occc1-c1ocnc1CBr. The third kappa shape index (κ3) is 1.50. The molecule has 3 nitrogen and oxygen atoms in total. The Labute approximate surface area is 90.3 Å². The van der Waals surface area contributed by atoms with Gasteiger partial charge in [-0.15, -0.1) is 0 Å². The fourth-order valence-corrected chi connectivity index (χ4v) is 1.80. The van der Waals surface area contributed by atoms with Crippen LogP contribution in [0, 0.1) is 0 Å². The zero-order valence-corrected chi connectivity index (χ0v) is 9.37. The third-order valence-corrected chi connectivity index (χ3v) is 2.61. The fraction of sp³-hybridized carbons (Fsp3) is 0.300. The van der Waals surface area contributed by atoms with Gasteiger partial charge in [-0.2, -0.15) is 0 Å². The largest absolute Gasteiger partial charge is 0.469 e. The van der Waals surface area contributed by atoms with E-state index in [1.807, 2.05) is 13.0 Å². The molecule has 0 aliphatic carbocycles. The normalized spacial score (nSPS) is 10.7. The zero-order valence-electron chi connectivity index (χ0n) is 7.79. The van der Waals surface area contributed by atoms with Gasteiger partial charge in [0.1, 0.15) is 5.76 Å². The van der Waals surface area contributed by atoms with E-state index in [9.17, 15) is 0 Å². The van der Waals surface area contributed by atoms with Gasteiger partial charge >= 0.3 is 0 Å². The van der Waals surface area contributed by atoms with Crippen molar-refractivity contribution in [1.82, 2.24) is 4.98 Å². The van der Waals surface area contributed by atoms with E-state index in [2.05, 4.69) is 20.9 Å². The first kappa shape index (κ1) is 9.52. The summed E-state index contributed by atoms with van der Waals surface area (Å²) >= 11 is 3.37. The Bertz CT molecular complexity index is 379. The molecule has 2 heterocycles. The monoisotopic (exact) mass is 255 g/mol. The van der Waals surface area contributed by atoms with Gasteiger partial charge in [0, 0.05) is 11.8 Å². The molecule has 0 fully saturated rings. The minimum absolute atomic E-state index is 0.688. The highest BCUT2D eigenvalue weighted by Gasteiger charge is 2.14. The molecule has 0 aliphatic rings. The fourth-order valence-electron chi connectivity index (χ4n) is 1.40. The Balaban J connectivity index is 2.48. The molecule has 0 saturated heterocycles. The van der Waals surface area contributed by atoms with Gasteiger partial charge < -0.3 is 8.83 Å². The van der Waals surface area contributed by atoms with E-state index < -0.39 is 0 Å². The number of oxazole rings is 1. The van der Waals surface area contributed by atoms with Gasteiger partial charge in [-0.05, 0) is 6.07 Å². The second-order valence-electron chi connectivity index (χ2n) is 2.87. The lowest BCUT2D eigenvalue weighted by molar-refractivity contribution is 0.513. The lowest BCUT2D eigenvalue weighted by atomic mass is 10.1.